The zero-order valence-corrected chi connectivity index (χ0v) is 18.5. The monoisotopic (exact) mass is 434 g/mol. The van der Waals surface area contributed by atoms with Crippen molar-refractivity contribution in [3.63, 3.8) is 0 Å². The highest BCUT2D eigenvalue weighted by Gasteiger charge is 2.22. The second-order valence-electron chi connectivity index (χ2n) is 9.40. The third-order valence-corrected chi connectivity index (χ3v) is 7.86. The van der Waals surface area contributed by atoms with E-state index in [0.717, 1.165) is 11.2 Å². The molecular formula is C31H18N2O. The normalized spacial score (nSPS) is 12.9. The molecule has 0 fully saturated rings. The lowest BCUT2D eigenvalue weighted by molar-refractivity contribution is 0.669. The Balaban J connectivity index is 1.74. The van der Waals surface area contributed by atoms with Gasteiger partial charge in [0.15, 0.2) is 0 Å². The summed E-state index contributed by atoms with van der Waals surface area (Å²) < 4.78 is 11.1. The Morgan fingerprint density at radius 2 is 1.12 bits per heavy atom. The van der Waals surface area contributed by atoms with Gasteiger partial charge in [-0.05, 0) is 41.8 Å². The molecule has 0 saturated heterocycles. The fourth-order valence-electron chi connectivity index (χ4n) is 6.53. The number of fused-ring (bicyclic) bond motifs is 9. The molecule has 5 aromatic carbocycles. The van der Waals surface area contributed by atoms with Gasteiger partial charge in [-0.15, -0.1) is 0 Å². The first-order chi connectivity index (χ1) is 16.8. The number of aromatic nitrogens is 2. The smallest absolute Gasteiger partial charge is 0.136 e. The molecule has 0 radical (unpaired) electrons. The summed E-state index contributed by atoms with van der Waals surface area (Å²) in [4.78, 5) is 0. The van der Waals surface area contributed by atoms with Crippen molar-refractivity contribution in [2.75, 3.05) is 0 Å². The Hall–Kier alpha value is -4.50. The highest BCUT2D eigenvalue weighted by Crippen LogP contribution is 2.45. The van der Waals surface area contributed by atoms with Crippen LogP contribution in [-0.4, -0.2) is 8.97 Å². The first-order valence-electron chi connectivity index (χ1n) is 11.7. The van der Waals surface area contributed by atoms with Gasteiger partial charge in [-0.3, -0.25) is 0 Å². The molecule has 158 valence electrons. The Morgan fingerprint density at radius 1 is 0.471 bits per heavy atom. The first kappa shape index (κ1) is 17.0. The summed E-state index contributed by atoms with van der Waals surface area (Å²) in [5, 5.41) is 10.2. The molecule has 0 aliphatic heterocycles. The van der Waals surface area contributed by atoms with Crippen molar-refractivity contribution in [3.8, 4) is 0 Å². The third kappa shape index (κ3) is 1.74. The number of furan rings is 1. The molecular weight excluding hydrogens is 416 g/mol. The summed E-state index contributed by atoms with van der Waals surface area (Å²) in [7, 11) is 2.18. The zero-order chi connectivity index (χ0) is 22.1. The van der Waals surface area contributed by atoms with Crippen molar-refractivity contribution in [2.24, 2.45) is 7.05 Å². The molecule has 0 amide bonds. The van der Waals surface area contributed by atoms with E-state index in [1.54, 1.807) is 0 Å². The average molecular weight is 434 g/mol. The zero-order valence-electron chi connectivity index (χ0n) is 18.5. The van der Waals surface area contributed by atoms with Crippen molar-refractivity contribution in [1.29, 1.82) is 0 Å². The van der Waals surface area contributed by atoms with Crippen LogP contribution in [0.3, 0.4) is 0 Å². The van der Waals surface area contributed by atoms with Crippen LogP contribution in [0.25, 0.3) is 81.8 Å². The molecule has 0 atom stereocenters. The molecule has 4 heterocycles. The van der Waals surface area contributed by atoms with Crippen molar-refractivity contribution in [3.05, 3.63) is 91.0 Å². The average Bonchev–Trinajstić information content (AvgIpc) is 3.48. The van der Waals surface area contributed by atoms with Gasteiger partial charge in [0.1, 0.15) is 11.2 Å². The molecule has 9 aromatic rings. The third-order valence-electron chi connectivity index (χ3n) is 7.86. The SMILES string of the molecule is Cn1c2cccc3c4cccc5c6c7c(ccc6n(c6cccc1c6c32)c45)oc1ccccc17. The number of hydrogen-bond acceptors (Lipinski definition) is 1. The minimum absolute atomic E-state index is 0.936. The lowest BCUT2D eigenvalue weighted by Crippen LogP contribution is -1.88. The van der Waals surface area contributed by atoms with Gasteiger partial charge >= 0.3 is 0 Å². The van der Waals surface area contributed by atoms with E-state index in [1.165, 1.54) is 70.7 Å². The van der Waals surface area contributed by atoms with Gasteiger partial charge in [0.25, 0.3) is 0 Å². The second-order valence-corrected chi connectivity index (χ2v) is 9.40. The molecule has 4 aromatic heterocycles. The van der Waals surface area contributed by atoms with Gasteiger partial charge in [-0.2, -0.15) is 0 Å². The molecule has 34 heavy (non-hydrogen) atoms. The standard InChI is InChI=1S/C31H18N2O/c1-32-21-11-5-8-17-18-9-4-10-20-28-24(15-16-26-29(28)19-7-2-3-14-25(19)34-26)33(31(18)20)23-13-6-12-22(32)30(23)27(17)21/h2-16H,1H3. The number of aryl methyl sites for hydroxylation is 1. The lowest BCUT2D eigenvalue weighted by atomic mass is 10.0. The maximum Gasteiger partial charge on any atom is 0.136 e. The minimum atomic E-state index is 0.936. The number of hydrogen-bond donors (Lipinski definition) is 0. The molecule has 9 rings (SSSR count). The van der Waals surface area contributed by atoms with E-state index >= 15 is 0 Å². The summed E-state index contributed by atoms with van der Waals surface area (Å²) in [6.45, 7) is 0. The van der Waals surface area contributed by atoms with Crippen molar-refractivity contribution < 1.29 is 4.42 Å². The van der Waals surface area contributed by atoms with Crippen molar-refractivity contribution >= 4 is 81.8 Å². The Labute approximate surface area is 193 Å². The number of nitrogens with zero attached hydrogens (tertiary/aromatic N) is 2. The van der Waals surface area contributed by atoms with Gasteiger partial charge in [-0.25, -0.2) is 0 Å². The second kappa shape index (κ2) is 5.52. The topological polar surface area (TPSA) is 22.5 Å². The number of rotatable bonds is 0. The maximum absolute atomic E-state index is 6.27. The van der Waals surface area contributed by atoms with Crippen LogP contribution in [0.5, 0.6) is 0 Å². The Morgan fingerprint density at radius 3 is 2.06 bits per heavy atom. The van der Waals surface area contributed by atoms with E-state index in [9.17, 15) is 0 Å². The van der Waals surface area contributed by atoms with Crippen molar-refractivity contribution in [2.45, 2.75) is 0 Å². The fraction of sp³-hybridized carbons (Fsp3) is 0.0323. The highest BCUT2D eigenvalue weighted by molar-refractivity contribution is 6.34. The predicted octanol–water partition coefficient (Wildman–Crippen LogP) is 8.38. The molecule has 0 spiro atoms. The molecule has 0 saturated carbocycles. The summed E-state index contributed by atoms with van der Waals surface area (Å²) in [5.41, 5.74) is 8.15. The molecule has 0 N–H and O–H groups in total. The Bertz CT molecular complexity index is 2290. The van der Waals surface area contributed by atoms with Gasteiger partial charge in [-0.1, -0.05) is 54.6 Å². The summed E-state index contributed by atoms with van der Waals surface area (Å²) >= 11 is 0. The lowest BCUT2D eigenvalue weighted by Gasteiger charge is -2.03. The quantitative estimate of drug-likeness (QED) is 0.235. The van der Waals surface area contributed by atoms with E-state index in [0.29, 0.717) is 0 Å². The van der Waals surface area contributed by atoms with Gasteiger partial charge in [0, 0.05) is 50.3 Å². The number of benzene rings is 5. The molecule has 0 unspecified atom stereocenters. The van der Waals surface area contributed by atoms with Gasteiger partial charge < -0.3 is 13.4 Å². The van der Waals surface area contributed by atoms with E-state index in [-0.39, 0.29) is 0 Å². The predicted molar refractivity (Wildman–Crippen MR) is 142 cm³/mol. The van der Waals surface area contributed by atoms with E-state index in [1.807, 2.05) is 6.07 Å². The molecule has 0 aliphatic carbocycles. The van der Waals surface area contributed by atoms with Gasteiger partial charge in [0.2, 0.25) is 0 Å². The fourth-order valence-corrected chi connectivity index (χ4v) is 6.53. The van der Waals surface area contributed by atoms with Crippen LogP contribution in [-0.2, 0) is 7.05 Å². The minimum Gasteiger partial charge on any atom is -0.456 e. The molecule has 0 bridgehead atoms. The largest absolute Gasteiger partial charge is 0.456 e. The van der Waals surface area contributed by atoms with Crippen LogP contribution in [0.4, 0.5) is 0 Å². The summed E-state index contributed by atoms with van der Waals surface area (Å²) in [5.74, 6) is 0. The molecule has 0 aliphatic rings. The Kier molecular flexibility index (Phi) is 2.77. The van der Waals surface area contributed by atoms with E-state index in [2.05, 4.69) is 101 Å². The van der Waals surface area contributed by atoms with Crippen LogP contribution in [0.1, 0.15) is 0 Å². The van der Waals surface area contributed by atoms with Crippen LogP contribution in [0.2, 0.25) is 0 Å². The van der Waals surface area contributed by atoms with Crippen LogP contribution in [0.15, 0.2) is 95.4 Å². The van der Waals surface area contributed by atoms with Crippen LogP contribution in [0, 0.1) is 0 Å². The first-order valence-corrected chi connectivity index (χ1v) is 11.7. The summed E-state index contributed by atoms with van der Waals surface area (Å²) in [6.07, 6.45) is 0. The van der Waals surface area contributed by atoms with Gasteiger partial charge in [0.05, 0.1) is 22.1 Å². The van der Waals surface area contributed by atoms with Crippen LogP contribution >= 0.6 is 0 Å². The van der Waals surface area contributed by atoms with E-state index in [4.69, 9.17) is 4.42 Å². The molecule has 3 nitrogen and oxygen atoms in total. The maximum atomic E-state index is 6.27. The highest BCUT2D eigenvalue weighted by atomic mass is 16.3. The van der Waals surface area contributed by atoms with E-state index < -0.39 is 0 Å². The summed E-state index contributed by atoms with van der Waals surface area (Å²) in [6, 6.07) is 32.9. The molecule has 3 heteroatoms. The van der Waals surface area contributed by atoms with Crippen molar-refractivity contribution in [1.82, 2.24) is 8.97 Å². The van der Waals surface area contributed by atoms with Crippen LogP contribution < -0.4 is 0 Å². The number of para-hydroxylation sites is 2.